The first-order valence-corrected chi connectivity index (χ1v) is 6.91. The summed E-state index contributed by atoms with van der Waals surface area (Å²) in [4.78, 5) is 31.3. The number of piperidine rings is 1. The van der Waals surface area contributed by atoms with Crippen LogP contribution in [-0.4, -0.2) is 53.9 Å². The number of hydrogen-bond donors (Lipinski definition) is 0. The lowest BCUT2D eigenvalue weighted by molar-refractivity contribution is -0.202. The number of ether oxygens (including phenoxy) is 2. The van der Waals surface area contributed by atoms with Gasteiger partial charge in [-0.3, -0.25) is 0 Å². The number of halogens is 4. The first-order chi connectivity index (χ1) is 11.3. The molecule has 0 aliphatic carbocycles. The Morgan fingerprint density at radius 3 is 2.33 bits per heavy atom. The summed E-state index contributed by atoms with van der Waals surface area (Å²) in [7, 11) is 0. The first-order valence-electron chi connectivity index (χ1n) is 6.91. The van der Waals surface area contributed by atoms with Gasteiger partial charge < -0.3 is 14.4 Å². The number of esters is 2. The van der Waals surface area contributed by atoms with Crippen LogP contribution < -0.4 is 4.90 Å². The van der Waals surface area contributed by atoms with Crippen molar-refractivity contribution in [2.45, 2.75) is 25.1 Å². The summed E-state index contributed by atoms with van der Waals surface area (Å²) in [6.07, 6.45) is -2.83. The molecule has 1 aromatic rings. The third kappa shape index (κ3) is 5.03. The van der Waals surface area contributed by atoms with Crippen LogP contribution in [0, 0.1) is 5.82 Å². The van der Waals surface area contributed by atoms with Crippen LogP contribution in [0.2, 0.25) is 0 Å². The van der Waals surface area contributed by atoms with Crippen LogP contribution in [0.1, 0.15) is 12.8 Å². The molecule has 0 saturated carbocycles. The van der Waals surface area contributed by atoms with Gasteiger partial charge in [-0.1, -0.05) is 0 Å². The summed E-state index contributed by atoms with van der Waals surface area (Å²) in [6, 6.07) is 0. The summed E-state index contributed by atoms with van der Waals surface area (Å²) in [5.41, 5.74) is 0. The summed E-state index contributed by atoms with van der Waals surface area (Å²) in [5.74, 6) is -3.72. The molecule has 24 heavy (non-hydrogen) atoms. The first kappa shape index (κ1) is 17.9. The molecule has 7 nitrogen and oxygen atoms in total. The molecule has 1 aromatic heterocycles. The Morgan fingerprint density at radius 2 is 1.79 bits per heavy atom. The summed E-state index contributed by atoms with van der Waals surface area (Å²) >= 11 is 0. The van der Waals surface area contributed by atoms with Crippen LogP contribution in [0.4, 0.5) is 23.5 Å². The molecule has 11 heteroatoms. The number of carbonyl (C=O) groups excluding carboxylic acids is 2. The van der Waals surface area contributed by atoms with Gasteiger partial charge in [0, 0.05) is 25.9 Å². The van der Waals surface area contributed by atoms with E-state index < -0.39 is 36.6 Å². The average Bonchev–Trinajstić information content (AvgIpc) is 2.53. The number of anilines is 1. The van der Waals surface area contributed by atoms with E-state index in [4.69, 9.17) is 4.74 Å². The van der Waals surface area contributed by atoms with Crippen LogP contribution in [0.25, 0.3) is 0 Å². The molecule has 2 rings (SSSR count). The van der Waals surface area contributed by atoms with Crippen LogP contribution >= 0.6 is 0 Å². The van der Waals surface area contributed by atoms with E-state index in [1.807, 2.05) is 0 Å². The highest BCUT2D eigenvalue weighted by Gasteiger charge is 2.41. The second kappa shape index (κ2) is 7.41. The van der Waals surface area contributed by atoms with Gasteiger partial charge in [-0.25, -0.2) is 23.9 Å². The molecule has 0 unspecified atom stereocenters. The van der Waals surface area contributed by atoms with Gasteiger partial charge in [0.15, 0.2) is 12.4 Å². The predicted octanol–water partition coefficient (Wildman–Crippen LogP) is 1.23. The smallest absolute Gasteiger partial charge is 0.460 e. The quantitative estimate of drug-likeness (QED) is 0.596. The average molecular weight is 351 g/mol. The van der Waals surface area contributed by atoms with Gasteiger partial charge >= 0.3 is 18.1 Å². The lowest BCUT2D eigenvalue weighted by Gasteiger charge is -2.31. The Bertz CT molecular complexity index is 586. The molecule has 0 N–H and O–H groups in total. The highest BCUT2D eigenvalue weighted by Crippen LogP contribution is 2.19. The van der Waals surface area contributed by atoms with Gasteiger partial charge in [0.05, 0.1) is 12.4 Å². The fourth-order valence-electron chi connectivity index (χ4n) is 2.07. The zero-order valence-electron chi connectivity index (χ0n) is 12.3. The van der Waals surface area contributed by atoms with Crippen molar-refractivity contribution in [1.29, 1.82) is 0 Å². The molecule has 0 spiro atoms. The van der Waals surface area contributed by atoms with Crippen molar-refractivity contribution in [3.8, 4) is 0 Å². The van der Waals surface area contributed by atoms with Crippen LogP contribution in [0.15, 0.2) is 12.4 Å². The van der Waals surface area contributed by atoms with E-state index in [1.165, 1.54) is 0 Å². The highest BCUT2D eigenvalue weighted by molar-refractivity contribution is 5.79. The number of nitrogens with zero attached hydrogens (tertiary/aromatic N) is 3. The number of carbonyl (C=O) groups is 2. The van der Waals surface area contributed by atoms with Crippen molar-refractivity contribution < 1.29 is 36.6 Å². The molecule has 0 radical (unpaired) electrons. The molecule has 0 bridgehead atoms. The summed E-state index contributed by atoms with van der Waals surface area (Å²) in [6.45, 7) is -0.253. The van der Waals surface area contributed by atoms with Gasteiger partial charge in [-0.2, -0.15) is 13.2 Å². The second-order valence-corrected chi connectivity index (χ2v) is 4.95. The number of aromatic nitrogens is 2. The minimum absolute atomic E-state index is 0.334. The minimum Gasteiger partial charge on any atom is -0.460 e. The molecule has 0 aromatic carbocycles. The maximum atomic E-state index is 12.8. The lowest BCUT2D eigenvalue weighted by Crippen LogP contribution is -2.39. The molecule has 1 saturated heterocycles. The van der Waals surface area contributed by atoms with Gasteiger partial charge in [0.25, 0.3) is 0 Å². The molecule has 0 amide bonds. The van der Waals surface area contributed by atoms with Crippen molar-refractivity contribution in [3.63, 3.8) is 0 Å². The molecular weight excluding hydrogens is 338 g/mol. The fourth-order valence-corrected chi connectivity index (χ4v) is 2.07. The van der Waals surface area contributed by atoms with Gasteiger partial charge in [-0.15, -0.1) is 0 Å². The second-order valence-electron chi connectivity index (χ2n) is 4.95. The van der Waals surface area contributed by atoms with Crippen LogP contribution in [0.5, 0.6) is 0 Å². The fraction of sp³-hybridized carbons (Fsp3) is 0.538. The summed E-state index contributed by atoms with van der Waals surface area (Å²) < 4.78 is 57.3. The SMILES string of the molecule is O=C(COC(=O)C(F)(F)F)OC1CCN(c2ncc(F)cn2)CC1. The Kier molecular flexibility index (Phi) is 5.52. The maximum Gasteiger partial charge on any atom is 0.490 e. The Morgan fingerprint density at radius 1 is 1.21 bits per heavy atom. The highest BCUT2D eigenvalue weighted by atomic mass is 19.4. The van der Waals surface area contributed by atoms with E-state index in [9.17, 15) is 27.2 Å². The third-order valence-electron chi connectivity index (χ3n) is 3.18. The standard InChI is InChI=1S/C13H13F4N3O4/c14-8-5-18-12(19-6-8)20-3-1-9(2-4-20)24-10(21)7-23-11(22)13(15,16)17/h5-6,9H,1-4,7H2. The molecule has 132 valence electrons. The van der Waals surface area contributed by atoms with Gasteiger partial charge in [0.2, 0.25) is 5.95 Å². The van der Waals surface area contributed by atoms with Crippen molar-refractivity contribution >= 4 is 17.9 Å². The Labute approximate surface area is 133 Å². The van der Waals surface area contributed by atoms with Crippen molar-refractivity contribution in [2.24, 2.45) is 0 Å². The van der Waals surface area contributed by atoms with Gasteiger partial charge in [-0.05, 0) is 0 Å². The van der Waals surface area contributed by atoms with Crippen molar-refractivity contribution in [1.82, 2.24) is 9.97 Å². The Balaban J connectivity index is 1.73. The van der Waals surface area contributed by atoms with E-state index in [1.54, 1.807) is 4.90 Å². The zero-order valence-corrected chi connectivity index (χ0v) is 12.3. The third-order valence-corrected chi connectivity index (χ3v) is 3.18. The van der Waals surface area contributed by atoms with E-state index in [2.05, 4.69) is 14.7 Å². The Hall–Kier alpha value is -2.46. The number of rotatable bonds is 4. The van der Waals surface area contributed by atoms with Crippen LogP contribution in [-0.2, 0) is 19.1 Å². The number of hydrogen-bond acceptors (Lipinski definition) is 7. The topological polar surface area (TPSA) is 81.6 Å². The van der Waals surface area contributed by atoms with E-state index in [0.29, 0.717) is 31.9 Å². The van der Waals surface area contributed by atoms with Gasteiger partial charge in [0.1, 0.15) is 6.10 Å². The maximum absolute atomic E-state index is 12.8. The molecule has 1 fully saturated rings. The largest absolute Gasteiger partial charge is 0.490 e. The molecular formula is C13H13F4N3O4. The predicted molar refractivity (Wildman–Crippen MR) is 70.3 cm³/mol. The van der Waals surface area contributed by atoms with Crippen molar-refractivity contribution in [3.05, 3.63) is 18.2 Å². The molecule has 0 atom stereocenters. The van der Waals surface area contributed by atoms with E-state index >= 15 is 0 Å². The number of alkyl halides is 3. The molecule has 2 heterocycles. The minimum atomic E-state index is -5.15. The van der Waals surface area contributed by atoms with Crippen molar-refractivity contribution in [2.75, 3.05) is 24.6 Å². The monoisotopic (exact) mass is 351 g/mol. The van der Waals surface area contributed by atoms with E-state index in [0.717, 1.165) is 12.4 Å². The molecule has 1 aliphatic rings. The van der Waals surface area contributed by atoms with E-state index in [-0.39, 0.29) is 0 Å². The lowest BCUT2D eigenvalue weighted by atomic mass is 10.1. The molecule has 1 aliphatic heterocycles. The normalized spacial score (nSPS) is 15.9. The van der Waals surface area contributed by atoms with Crippen LogP contribution in [0.3, 0.4) is 0 Å². The zero-order chi connectivity index (χ0) is 17.7. The summed E-state index contributed by atoms with van der Waals surface area (Å²) in [5, 5.41) is 0.